The van der Waals surface area contributed by atoms with Crippen molar-refractivity contribution in [3.05, 3.63) is 65.7 Å². The van der Waals surface area contributed by atoms with E-state index in [-0.39, 0.29) is 5.91 Å². The molecular formula is C22H18N4O2. The number of benzene rings is 2. The summed E-state index contributed by atoms with van der Waals surface area (Å²) in [5.41, 5.74) is 3.81. The smallest absolute Gasteiger partial charge is 0.291 e. The number of anilines is 1. The molecule has 138 valence electrons. The number of furan rings is 1. The largest absolute Gasteiger partial charge is 0.450 e. The molecule has 0 bridgehead atoms. The van der Waals surface area contributed by atoms with Crippen LogP contribution in [0.2, 0.25) is 0 Å². The predicted molar refractivity (Wildman–Crippen MR) is 110 cm³/mol. The fourth-order valence-electron chi connectivity index (χ4n) is 3.73. The van der Waals surface area contributed by atoms with Crippen LogP contribution in [-0.4, -0.2) is 20.7 Å². The quantitative estimate of drug-likeness (QED) is 0.487. The molecule has 5 aromatic rings. The van der Waals surface area contributed by atoms with Gasteiger partial charge in [0.05, 0.1) is 17.6 Å². The molecule has 1 amide bonds. The lowest BCUT2D eigenvalue weighted by atomic mass is 10.1. The molecule has 6 heteroatoms. The van der Waals surface area contributed by atoms with E-state index in [2.05, 4.69) is 15.4 Å². The fraction of sp³-hybridized carbons (Fsp3) is 0.136. The zero-order valence-corrected chi connectivity index (χ0v) is 15.8. The van der Waals surface area contributed by atoms with E-state index in [1.165, 1.54) is 0 Å². The third kappa shape index (κ3) is 2.38. The van der Waals surface area contributed by atoms with E-state index in [1.807, 2.05) is 63.4 Å². The van der Waals surface area contributed by atoms with E-state index in [4.69, 9.17) is 4.42 Å². The molecule has 1 N–H and O–H groups in total. The zero-order chi connectivity index (χ0) is 19.4. The average molecular weight is 370 g/mol. The SMILES string of the molecule is Cc1c(C(=O)Nc2cnc3c(c2)c(C)nn3C)oc2c1ccc1ccccc12. The molecular weight excluding hydrogens is 352 g/mol. The molecule has 0 aliphatic rings. The molecule has 0 saturated heterocycles. The van der Waals surface area contributed by atoms with Crippen molar-refractivity contribution in [1.29, 1.82) is 0 Å². The average Bonchev–Trinajstić information content (AvgIpc) is 3.18. The van der Waals surface area contributed by atoms with Gasteiger partial charge in [0.15, 0.2) is 11.4 Å². The molecule has 0 unspecified atom stereocenters. The van der Waals surface area contributed by atoms with E-state index < -0.39 is 0 Å². The lowest BCUT2D eigenvalue weighted by Gasteiger charge is -2.04. The topological polar surface area (TPSA) is 73.0 Å². The van der Waals surface area contributed by atoms with Crippen LogP contribution in [0.3, 0.4) is 0 Å². The summed E-state index contributed by atoms with van der Waals surface area (Å²) in [5.74, 6) is 0.0230. The second-order valence-corrected chi connectivity index (χ2v) is 6.98. The Morgan fingerprint density at radius 1 is 1.07 bits per heavy atom. The second-order valence-electron chi connectivity index (χ2n) is 6.98. The number of nitrogens with zero attached hydrogens (tertiary/aromatic N) is 3. The van der Waals surface area contributed by atoms with Crippen molar-refractivity contribution in [3.63, 3.8) is 0 Å². The molecule has 0 radical (unpaired) electrons. The van der Waals surface area contributed by atoms with Gasteiger partial charge in [0.25, 0.3) is 5.91 Å². The van der Waals surface area contributed by atoms with Crippen LogP contribution in [0.5, 0.6) is 0 Å². The number of rotatable bonds is 2. The highest BCUT2D eigenvalue weighted by Gasteiger charge is 2.19. The molecule has 2 aromatic carbocycles. The number of aryl methyl sites for hydroxylation is 3. The summed E-state index contributed by atoms with van der Waals surface area (Å²) in [6, 6.07) is 13.9. The number of pyridine rings is 1. The van der Waals surface area contributed by atoms with Gasteiger partial charge in [-0.15, -0.1) is 0 Å². The van der Waals surface area contributed by atoms with Gasteiger partial charge in [0.1, 0.15) is 5.58 Å². The Hall–Kier alpha value is -3.67. The minimum atomic E-state index is -0.291. The van der Waals surface area contributed by atoms with Gasteiger partial charge in [-0.05, 0) is 25.3 Å². The lowest BCUT2D eigenvalue weighted by Crippen LogP contribution is -2.12. The molecule has 0 fully saturated rings. The van der Waals surface area contributed by atoms with Gasteiger partial charge in [-0.2, -0.15) is 5.10 Å². The molecule has 3 aromatic heterocycles. The van der Waals surface area contributed by atoms with Gasteiger partial charge < -0.3 is 9.73 Å². The molecule has 28 heavy (non-hydrogen) atoms. The highest BCUT2D eigenvalue weighted by molar-refractivity contribution is 6.11. The van der Waals surface area contributed by atoms with Crippen LogP contribution in [0.1, 0.15) is 21.8 Å². The van der Waals surface area contributed by atoms with Crippen molar-refractivity contribution in [3.8, 4) is 0 Å². The monoisotopic (exact) mass is 370 g/mol. The van der Waals surface area contributed by atoms with Crippen molar-refractivity contribution in [2.75, 3.05) is 5.32 Å². The fourth-order valence-corrected chi connectivity index (χ4v) is 3.73. The first-order valence-corrected chi connectivity index (χ1v) is 9.04. The van der Waals surface area contributed by atoms with Gasteiger partial charge in [0.2, 0.25) is 0 Å². The van der Waals surface area contributed by atoms with Crippen molar-refractivity contribution in [2.24, 2.45) is 7.05 Å². The maximum atomic E-state index is 12.9. The zero-order valence-electron chi connectivity index (χ0n) is 15.8. The molecule has 0 saturated carbocycles. The van der Waals surface area contributed by atoms with Crippen molar-refractivity contribution < 1.29 is 9.21 Å². The molecule has 3 heterocycles. The van der Waals surface area contributed by atoms with Crippen LogP contribution in [-0.2, 0) is 7.05 Å². The van der Waals surface area contributed by atoms with Gasteiger partial charge in [0, 0.05) is 28.8 Å². The third-order valence-electron chi connectivity index (χ3n) is 5.16. The molecule has 0 atom stereocenters. The molecule has 0 aliphatic heterocycles. The van der Waals surface area contributed by atoms with Crippen LogP contribution in [0.4, 0.5) is 5.69 Å². The van der Waals surface area contributed by atoms with Gasteiger partial charge in [-0.3, -0.25) is 9.48 Å². The van der Waals surface area contributed by atoms with Crippen molar-refractivity contribution in [1.82, 2.24) is 14.8 Å². The number of hydrogen-bond acceptors (Lipinski definition) is 4. The summed E-state index contributed by atoms with van der Waals surface area (Å²) in [5, 5.41) is 11.2. The van der Waals surface area contributed by atoms with Crippen LogP contribution < -0.4 is 5.32 Å². The number of carbonyl (C=O) groups excluding carboxylic acids is 1. The van der Waals surface area contributed by atoms with Crippen LogP contribution in [0, 0.1) is 13.8 Å². The Morgan fingerprint density at radius 3 is 2.75 bits per heavy atom. The maximum absolute atomic E-state index is 12.9. The summed E-state index contributed by atoms with van der Waals surface area (Å²) >= 11 is 0. The predicted octanol–water partition coefficient (Wildman–Crippen LogP) is 4.74. The van der Waals surface area contributed by atoms with E-state index in [0.717, 1.165) is 44.0 Å². The van der Waals surface area contributed by atoms with E-state index in [9.17, 15) is 4.79 Å². The number of aromatic nitrogens is 3. The Balaban J connectivity index is 1.56. The minimum absolute atomic E-state index is 0.291. The summed E-state index contributed by atoms with van der Waals surface area (Å²) in [4.78, 5) is 17.3. The Kier molecular flexibility index (Phi) is 3.49. The number of hydrogen-bond donors (Lipinski definition) is 1. The molecule has 6 nitrogen and oxygen atoms in total. The molecule has 0 spiro atoms. The second kappa shape index (κ2) is 5.92. The first-order chi connectivity index (χ1) is 13.5. The third-order valence-corrected chi connectivity index (χ3v) is 5.16. The number of fused-ring (bicyclic) bond motifs is 4. The number of nitrogens with one attached hydrogen (secondary N) is 1. The van der Waals surface area contributed by atoms with E-state index in [1.54, 1.807) is 10.9 Å². The van der Waals surface area contributed by atoms with Crippen LogP contribution >= 0.6 is 0 Å². The Morgan fingerprint density at radius 2 is 1.89 bits per heavy atom. The normalized spacial score (nSPS) is 11.5. The summed E-state index contributed by atoms with van der Waals surface area (Å²) in [7, 11) is 1.85. The van der Waals surface area contributed by atoms with Crippen molar-refractivity contribution >= 4 is 44.4 Å². The minimum Gasteiger partial charge on any atom is -0.450 e. The van der Waals surface area contributed by atoms with Crippen molar-refractivity contribution in [2.45, 2.75) is 13.8 Å². The Bertz CT molecular complexity index is 1390. The highest BCUT2D eigenvalue weighted by atomic mass is 16.3. The molecule has 0 aliphatic carbocycles. The Labute approximate surface area is 160 Å². The number of amides is 1. The molecule has 5 rings (SSSR count). The lowest BCUT2D eigenvalue weighted by molar-refractivity contribution is 0.0998. The highest BCUT2D eigenvalue weighted by Crippen LogP contribution is 2.32. The van der Waals surface area contributed by atoms with E-state index >= 15 is 0 Å². The standard InChI is InChI=1S/C22H18N4O2/c1-12-16-9-8-14-6-4-5-7-17(14)20(16)28-19(12)22(27)24-15-10-18-13(2)25-26(3)21(18)23-11-15/h4-11H,1-3H3,(H,24,27). The van der Waals surface area contributed by atoms with Gasteiger partial charge in [-0.1, -0.05) is 36.4 Å². The van der Waals surface area contributed by atoms with Gasteiger partial charge in [-0.25, -0.2) is 4.98 Å². The van der Waals surface area contributed by atoms with Crippen LogP contribution in [0.25, 0.3) is 32.8 Å². The van der Waals surface area contributed by atoms with E-state index in [0.29, 0.717) is 11.4 Å². The number of carbonyl (C=O) groups is 1. The maximum Gasteiger partial charge on any atom is 0.291 e. The first-order valence-electron chi connectivity index (χ1n) is 9.04. The summed E-state index contributed by atoms with van der Waals surface area (Å²) < 4.78 is 7.74. The van der Waals surface area contributed by atoms with Gasteiger partial charge >= 0.3 is 0 Å². The van der Waals surface area contributed by atoms with Crippen LogP contribution in [0.15, 0.2) is 53.1 Å². The first kappa shape index (κ1) is 16.5. The summed E-state index contributed by atoms with van der Waals surface area (Å²) in [6.07, 6.45) is 1.63. The summed E-state index contributed by atoms with van der Waals surface area (Å²) in [6.45, 7) is 3.83.